The quantitative estimate of drug-likeness (QED) is 0.285. The van der Waals surface area contributed by atoms with E-state index in [1.54, 1.807) is 12.1 Å². The average molecular weight is 365 g/mol. The fraction of sp³-hybridized carbons (Fsp3) is 0.348. The molecule has 4 nitrogen and oxygen atoms in total. The number of benzene rings is 2. The van der Waals surface area contributed by atoms with E-state index in [9.17, 15) is 14.9 Å². The van der Waals surface area contributed by atoms with Crippen molar-refractivity contribution in [3.05, 3.63) is 80.9 Å². The van der Waals surface area contributed by atoms with Crippen molar-refractivity contribution < 1.29 is 9.72 Å². The van der Waals surface area contributed by atoms with Gasteiger partial charge in [0.2, 0.25) is 0 Å². The van der Waals surface area contributed by atoms with Gasteiger partial charge in [-0.3, -0.25) is 14.9 Å². The maximum Gasteiger partial charge on any atom is 0.270 e. The van der Waals surface area contributed by atoms with Gasteiger partial charge in [-0.1, -0.05) is 78.0 Å². The molecule has 0 heterocycles. The smallest absolute Gasteiger partial charge is 0.270 e. The molecule has 0 radical (unpaired) electrons. The molecule has 142 valence electrons. The molecule has 0 spiro atoms. The van der Waals surface area contributed by atoms with Crippen LogP contribution >= 0.6 is 0 Å². The predicted molar refractivity (Wildman–Crippen MR) is 110 cm³/mol. The molecule has 4 heteroatoms. The monoisotopic (exact) mass is 365 g/mol. The molecule has 2 aromatic rings. The van der Waals surface area contributed by atoms with Crippen molar-refractivity contribution in [2.75, 3.05) is 0 Å². The van der Waals surface area contributed by atoms with Gasteiger partial charge in [-0.05, 0) is 33.6 Å². The highest BCUT2D eigenvalue weighted by Gasteiger charge is 2.20. The molecule has 0 amide bonds. The Bertz CT molecular complexity index is 864. The lowest BCUT2D eigenvalue weighted by Gasteiger charge is -2.25. The van der Waals surface area contributed by atoms with Crippen LogP contribution in [-0.2, 0) is 10.8 Å². The Morgan fingerprint density at radius 2 is 1.48 bits per heavy atom. The number of allylic oxidation sites excluding steroid dienone is 1. The Kier molecular flexibility index (Phi) is 5.69. The first kappa shape index (κ1) is 20.6. The number of nitro groups is 1. The van der Waals surface area contributed by atoms with E-state index in [0.717, 1.165) is 5.56 Å². The Morgan fingerprint density at radius 1 is 0.926 bits per heavy atom. The topological polar surface area (TPSA) is 60.2 Å². The maximum atomic E-state index is 12.4. The van der Waals surface area contributed by atoms with Crippen LogP contribution in [0.5, 0.6) is 0 Å². The highest BCUT2D eigenvalue weighted by molar-refractivity contribution is 6.07. The van der Waals surface area contributed by atoms with Gasteiger partial charge in [-0.25, -0.2) is 0 Å². The van der Waals surface area contributed by atoms with Crippen LogP contribution in [0.1, 0.15) is 68.6 Å². The van der Waals surface area contributed by atoms with E-state index in [1.807, 2.05) is 0 Å². The minimum Gasteiger partial charge on any atom is -0.289 e. The molecule has 0 aliphatic rings. The van der Waals surface area contributed by atoms with E-state index in [-0.39, 0.29) is 22.3 Å². The second kappa shape index (κ2) is 7.47. The largest absolute Gasteiger partial charge is 0.289 e. The third-order valence-electron chi connectivity index (χ3n) is 4.46. The first-order valence-electron chi connectivity index (χ1n) is 9.01. The molecule has 0 saturated carbocycles. The second-order valence-corrected chi connectivity index (χ2v) is 8.85. The van der Waals surface area contributed by atoms with E-state index in [2.05, 4.69) is 59.7 Å². The van der Waals surface area contributed by atoms with Crippen molar-refractivity contribution in [2.45, 2.75) is 52.4 Å². The fourth-order valence-electron chi connectivity index (χ4n) is 2.65. The van der Waals surface area contributed by atoms with E-state index in [0.29, 0.717) is 5.56 Å². The Balaban J connectivity index is 2.39. The zero-order valence-electron chi connectivity index (χ0n) is 16.9. The van der Waals surface area contributed by atoms with Crippen molar-refractivity contribution in [2.24, 2.45) is 0 Å². The minimum absolute atomic E-state index is 0.00605. The molecule has 0 atom stereocenters. The molecule has 0 bridgehead atoms. The summed E-state index contributed by atoms with van der Waals surface area (Å²) in [5.74, 6) is -0.253. The van der Waals surface area contributed by atoms with Crippen molar-refractivity contribution in [1.29, 1.82) is 0 Å². The maximum absolute atomic E-state index is 12.4. The lowest BCUT2D eigenvalue weighted by atomic mass is 9.79. The van der Waals surface area contributed by atoms with Crippen LogP contribution in [0.25, 0.3) is 6.08 Å². The SMILES string of the molecule is CC(C)(C)c1cc(/C=C/C(=O)c2cccc([N+](=O)[O-])c2)cc(C(C)(C)C)c1. The van der Waals surface area contributed by atoms with Crippen molar-refractivity contribution >= 4 is 17.5 Å². The summed E-state index contributed by atoms with van der Waals surface area (Å²) in [5.41, 5.74) is 3.57. The van der Waals surface area contributed by atoms with Crippen LogP contribution in [-0.4, -0.2) is 10.7 Å². The van der Waals surface area contributed by atoms with Crippen LogP contribution in [0.2, 0.25) is 0 Å². The minimum atomic E-state index is -0.497. The van der Waals surface area contributed by atoms with Gasteiger partial charge < -0.3 is 0 Å². The summed E-state index contributed by atoms with van der Waals surface area (Å²) in [6.07, 6.45) is 3.26. The number of nitro benzene ring substituents is 1. The zero-order valence-corrected chi connectivity index (χ0v) is 16.9. The van der Waals surface area contributed by atoms with E-state index in [4.69, 9.17) is 0 Å². The number of carbonyl (C=O) groups excluding carboxylic acids is 1. The molecule has 27 heavy (non-hydrogen) atoms. The van der Waals surface area contributed by atoms with E-state index >= 15 is 0 Å². The number of hydrogen-bond acceptors (Lipinski definition) is 3. The number of non-ortho nitro benzene ring substituents is 1. The summed E-state index contributed by atoms with van der Waals surface area (Å²) in [4.78, 5) is 22.8. The third kappa shape index (κ3) is 5.36. The van der Waals surface area contributed by atoms with Gasteiger partial charge in [-0.2, -0.15) is 0 Å². The molecule has 0 aliphatic heterocycles. The standard InChI is InChI=1S/C23H27NO3/c1-22(2,3)18-12-16(13-19(15-18)23(4,5)6)10-11-21(25)17-8-7-9-20(14-17)24(26)27/h7-15H,1-6H3/b11-10+. The fourth-order valence-corrected chi connectivity index (χ4v) is 2.65. The van der Waals surface area contributed by atoms with Crippen LogP contribution in [0.15, 0.2) is 48.5 Å². The molecule has 0 fully saturated rings. The second-order valence-electron chi connectivity index (χ2n) is 8.85. The van der Waals surface area contributed by atoms with Gasteiger partial charge >= 0.3 is 0 Å². The van der Waals surface area contributed by atoms with Crippen LogP contribution in [0.4, 0.5) is 5.69 Å². The predicted octanol–water partition coefficient (Wildman–Crippen LogP) is 6.09. The number of ketones is 1. The van der Waals surface area contributed by atoms with Crippen LogP contribution in [0.3, 0.4) is 0 Å². The normalized spacial score (nSPS) is 12.4. The van der Waals surface area contributed by atoms with Crippen LogP contribution < -0.4 is 0 Å². The van der Waals surface area contributed by atoms with Crippen molar-refractivity contribution in [1.82, 2.24) is 0 Å². The van der Waals surface area contributed by atoms with Gasteiger partial charge in [0.15, 0.2) is 5.78 Å². The molecule has 0 unspecified atom stereocenters. The summed E-state index contributed by atoms with van der Waals surface area (Å²) in [5, 5.41) is 10.9. The summed E-state index contributed by atoms with van der Waals surface area (Å²) in [7, 11) is 0. The molecule has 0 saturated heterocycles. The van der Waals surface area contributed by atoms with Gasteiger partial charge in [-0.15, -0.1) is 0 Å². The molecule has 0 aromatic heterocycles. The summed E-state index contributed by atoms with van der Waals surface area (Å²) < 4.78 is 0. The lowest BCUT2D eigenvalue weighted by molar-refractivity contribution is -0.384. The molecular formula is C23H27NO3. The summed E-state index contributed by atoms with van der Waals surface area (Å²) >= 11 is 0. The lowest BCUT2D eigenvalue weighted by Crippen LogP contribution is -2.16. The molecule has 0 aliphatic carbocycles. The zero-order chi connectivity index (χ0) is 20.4. The summed E-state index contributed by atoms with van der Waals surface area (Å²) in [6.45, 7) is 13.0. The highest BCUT2D eigenvalue weighted by atomic mass is 16.6. The Morgan fingerprint density at radius 3 is 1.96 bits per heavy atom. The Labute approximate surface area is 161 Å². The number of hydrogen-bond donors (Lipinski definition) is 0. The van der Waals surface area contributed by atoms with Gasteiger partial charge in [0, 0.05) is 17.7 Å². The van der Waals surface area contributed by atoms with E-state index < -0.39 is 4.92 Å². The molecule has 2 aromatic carbocycles. The summed E-state index contributed by atoms with van der Waals surface area (Å²) in [6, 6.07) is 12.2. The average Bonchev–Trinajstić information content (AvgIpc) is 2.58. The van der Waals surface area contributed by atoms with E-state index in [1.165, 1.54) is 35.4 Å². The number of rotatable bonds is 4. The molecule has 2 rings (SSSR count). The molecule has 0 N–H and O–H groups in total. The van der Waals surface area contributed by atoms with Crippen molar-refractivity contribution in [3.63, 3.8) is 0 Å². The number of nitrogens with zero attached hydrogens (tertiary/aromatic N) is 1. The highest BCUT2D eigenvalue weighted by Crippen LogP contribution is 2.30. The number of carbonyl (C=O) groups is 1. The first-order chi connectivity index (χ1) is 12.4. The third-order valence-corrected chi connectivity index (χ3v) is 4.46. The van der Waals surface area contributed by atoms with Crippen LogP contribution in [0, 0.1) is 10.1 Å². The van der Waals surface area contributed by atoms with Gasteiger partial charge in [0.25, 0.3) is 5.69 Å². The molecular weight excluding hydrogens is 338 g/mol. The Hall–Kier alpha value is -2.75. The van der Waals surface area contributed by atoms with Gasteiger partial charge in [0.05, 0.1) is 4.92 Å². The first-order valence-corrected chi connectivity index (χ1v) is 9.01. The van der Waals surface area contributed by atoms with Crippen molar-refractivity contribution in [3.8, 4) is 0 Å². The van der Waals surface area contributed by atoms with Gasteiger partial charge in [0.1, 0.15) is 0 Å².